The van der Waals surface area contributed by atoms with Crippen LogP contribution in [-0.2, 0) is 11.2 Å². The fourth-order valence-electron chi connectivity index (χ4n) is 3.11. The monoisotopic (exact) mass is 358 g/mol. The highest BCUT2D eigenvalue weighted by Crippen LogP contribution is 2.32. The Morgan fingerprint density at radius 3 is 2.68 bits per heavy atom. The minimum atomic E-state index is -0.622. The SMILES string of the molecule is O=C(Cc1ccc2sc(-c3ccc(F)cc3F)nc2c1)N1CCCC1. The van der Waals surface area contributed by atoms with Gasteiger partial charge in [0.25, 0.3) is 0 Å². The third-order valence-electron chi connectivity index (χ3n) is 4.43. The predicted octanol–water partition coefficient (Wildman–Crippen LogP) is 4.41. The number of halogens is 2. The average Bonchev–Trinajstić information content (AvgIpc) is 3.24. The third kappa shape index (κ3) is 3.26. The number of hydrogen-bond donors (Lipinski definition) is 0. The molecule has 0 N–H and O–H groups in total. The summed E-state index contributed by atoms with van der Waals surface area (Å²) >= 11 is 1.35. The van der Waals surface area contributed by atoms with Crippen LogP contribution in [0.4, 0.5) is 8.78 Å². The summed E-state index contributed by atoms with van der Waals surface area (Å²) in [7, 11) is 0. The Hall–Kier alpha value is -2.34. The van der Waals surface area contributed by atoms with Crippen LogP contribution in [-0.4, -0.2) is 28.9 Å². The van der Waals surface area contributed by atoms with Gasteiger partial charge in [-0.2, -0.15) is 0 Å². The van der Waals surface area contributed by atoms with Gasteiger partial charge in [-0.3, -0.25) is 4.79 Å². The van der Waals surface area contributed by atoms with Crippen molar-refractivity contribution in [3.8, 4) is 10.6 Å². The lowest BCUT2D eigenvalue weighted by molar-refractivity contribution is -0.129. The highest BCUT2D eigenvalue weighted by Gasteiger charge is 2.18. The van der Waals surface area contributed by atoms with Crippen molar-refractivity contribution in [3.05, 3.63) is 53.6 Å². The number of carbonyl (C=O) groups is 1. The van der Waals surface area contributed by atoms with Gasteiger partial charge in [-0.25, -0.2) is 13.8 Å². The zero-order valence-electron chi connectivity index (χ0n) is 13.5. The maximum atomic E-state index is 14.0. The molecule has 128 valence electrons. The van der Waals surface area contributed by atoms with Crippen molar-refractivity contribution in [1.82, 2.24) is 9.88 Å². The maximum absolute atomic E-state index is 14.0. The molecule has 1 fully saturated rings. The summed E-state index contributed by atoms with van der Waals surface area (Å²) in [6.45, 7) is 1.68. The molecule has 0 saturated carbocycles. The Labute approximate surface area is 147 Å². The summed E-state index contributed by atoms with van der Waals surface area (Å²) in [4.78, 5) is 18.6. The van der Waals surface area contributed by atoms with E-state index in [0.29, 0.717) is 11.4 Å². The number of likely N-dealkylation sites (tertiary alicyclic amines) is 1. The zero-order valence-corrected chi connectivity index (χ0v) is 14.3. The molecule has 1 saturated heterocycles. The zero-order chi connectivity index (χ0) is 17.4. The number of amides is 1. The van der Waals surface area contributed by atoms with Gasteiger partial charge in [0.1, 0.15) is 16.6 Å². The number of fused-ring (bicyclic) bond motifs is 1. The van der Waals surface area contributed by atoms with E-state index in [9.17, 15) is 13.6 Å². The molecule has 0 radical (unpaired) electrons. The first-order valence-corrected chi connectivity index (χ1v) is 9.04. The van der Waals surface area contributed by atoms with Gasteiger partial charge in [0.05, 0.1) is 16.6 Å². The van der Waals surface area contributed by atoms with E-state index < -0.39 is 11.6 Å². The van der Waals surface area contributed by atoms with Gasteiger partial charge in [0.2, 0.25) is 5.91 Å². The van der Waals surface area contributed by atoms with Crippen LogP contribution >= 0.6 is 11.3 Å². The van der Waals surface area contributed by atoms with E-state index in [1.165, 1.54) is 23.5 Å². The van der Waals surface area contributed by atoms with Gasteiger partial charge >= 0.3 is 0 Å². The summed E-state index contributed by atoms with van der Waals surface area (Å²) in [5.41, 5.74) is 1.92. The van der Waals surface area contributed by atoms with E-state index in [2.05, 4.69) is 4.98 Å². The summed E-state index contributed by atoms with van der Waals surface area (Å²) in [6.07, 6.45) is 2.50. The van der Waals surface area contributed by atoms with Crippen LogP contribution < -0.4 is 0 Å². The molecule has 0 bridgehead atoms. The lowest BCUT2D eigenvalue weighted by Crippen LogP contribution is -2.29. The molecule has 0 spiro atoms. The standard InChI is InChI=1S/C19H16F2N2OS/c20-13-4-5-14(15(21)11-13)19-22-16-9-12(3-6-17(16)25-19)10-18(24)23-7-1-2-8-23/h3-6,9,11H,1-2,7-8,10H2. The first-order chi connectivity index (χ1) is 12.1. The minimum Gasteiger partial charge on any atom is -0.342 e. The fourth-order valence-corrected chi connectivity index (χ4v) is 4.09. The second-order valence-corrected chi connectivity index (χ2v) is 7.24. The molecule has 2 aromatic carbocycles. The lowest BCUT2D eigenvalue weighted by atomic mass is 10.1. The van der Waals surface area contributed by atoms with Crippen LogP contribution in [0.15, 0.2) is 36.4 Å². The molecule has 4 rings (SSSR count). The van der Waals surface area contributed by atoms with Crippen LogP contribution in [0, 0.1) is 11.6 Å². The van der Waals surface area contributed by atoms with E-state index in [0.717, 1.165) is 47.8 Å². The smallest absolute Gasteiger partial charge is 0.226 e. The Balaban J connectivity index is 1.61. The van der Waals surface area contributed by atoms with Crippen LogP contribution in [0.2, 0.25) is 0 Å². The number of thiazole rings is 1. The van der Waals surface area contributed by atoms with E-state index >= 15 is 0 Å². The van der Waals surface area contributed by atoms with Crippen LogP contribution in [0.3, 0.4) is 0 Å². The van der Waals surface area contributed by atoms with Gasteiger partial charge in [-0.15, -0.1) is 11.3 Å². The van der Waals surface area contributed by atoms with Crippen LogP contribution in [0.25, 0.3) is 20.8 Å². The third-order valence-corrected chi connectivity index (χ3v) is 5.50. The predicted molar refractivity (Wildman–Crippen MR) is 94.5 cm³/mol. The highest BCUT2D eigenvalue weighted by atomic mass is 32.1. The number of rotatable bonds is 3. The van der Waals surface area contributed by atoms with Crippen molar-refractivity contribution in [3.63, 3.8) is 0 Å². The van der Waals surface area contributed by atoms with Crippen molar-refractivity contribution < 1.29 is 13.6 Å². The molecule has 25 heavy (non-hydrogen) atoms. The van der Waals surface area contributed by atoms with Crippen molar-refractivity contribution in [2.45, 2.75) is 19.3 Å². The van der Waals surface area contributed by atoms with E-state index in [-0.39, 0.29) is 11.5 Å². The van der Waals surface area contributed by atoms with Crippen molar-refractivity contribution in [2.24, 2.45) is 0 Å². The Kier molecular flexibility index (Phi) is 4.21. The summed E-state index contributed by atoms with van der Waals surface area (Å²) < 4.78 is 28.0. The second kappa shape index (κ2) is 6.52. The summed E-state index contributed by atoms with van der Waals surface area (Å²) in [5, 5.41) is 0.510. The molecule has 0 aliphatic carbocycles. The highest BCUT2D eigenvalue weighted by molar-refractivity contribution is 7.21. The molecule has 0 atom stereocenters. The van der Waals surface area contributed by atoms with E-state index in [1.54, 1.807) is 0 Å². The molecule has 2 heterocycles. The van der Waals surface area contributed by atoms with E-state index in [4.69, 9.17) is 0 Å². The molecule has 3 nitrogen and oxygen atoms in total. The molecular weight excluding hydrogens is 342 g/mol. The number of carbonyl (C=O) groups excluding carboxylic acids is 1. The fraction of sp³-hybridized carbons (Fsp3) is 0.263. The molecule has 1 aliphatic rings. The van der Waals surface area contributed by atoms with Crippen LogP contribution in [0.5, 0.6) is 0 Å². The van der Waals surface area contributed by atoms with Gasteiger partial charge in [-0.05, 0) is 42.7 Å². The normalized spacial score (nSPS) is 14.4. The van der Waals surface area contributed by atoms with Gasteiger partial charge in [-0.1, -0.05) is 6.07 Å². The van der Waals surface area contributed by atoms with Crippen molar-refractivity contribution in [2.75, 3.05) is 13.1 Å². The first kappa shape index (κ1) is 16.1. The lowest BCUT2D eigenvalue weighted by Gasteiger charge is -2.14. The molecule has 6 heteroatoms. The topological polar surface area (TPSA) is 33.2 Å². The Morgan fingerprint density at radius 1 is 1.12 bits per heavy atom. The van der Waals surface area contributed by atoms with Gasteiger partial charge < -0.3 is 4.90 Å². The second-order valence-electron chi connectivity index (χ2n) is 6.21. The summed E-state index contributed by atoms with van der Waals surface area (Å²) in [6, 6.07) is 9.20. The maximum Gasteiger partial charge on any atom is 0.226 e. The average molecular weight is 358 g/mol. The van der Waals surface area contributed by atoms with Gasteiger partial charge in [0.15, 0.2) is 0 Å². The van der Waals surface area contributed by atoms with Crippen LogP contribution in [0.1, 0.15) is 18.4 Å². The molecular formula is C19H16F2N2OS. The number of benzene rings is 2. The van der Waals surface area contributed by atoms with Gasteiger partial charge in [0, 0.05) is 24.7 Å². The Bertz CT molecular complexity index is 948. The van der Waals surface area contributed by atoms with E-state index in [1.807, 2.05) is 23.1 Å². The molecule has 1 aromatic heterocycles. The molecule has 1 amide bonds. The largest absolute Gasteiger partial charge is 0.342 e. The quantitative estimate of drug-likeness (QED) is 0.695. The Morgan fingerprint density at radius 2 is 1.92 bits per heavy atom. The number of aromatic nitrogens is 1. The van der Waals surface area contributed by atoms with Crippen molar-refractivity contribution >= 4 is 27.5 Å². The number of hydrogen-bond acceptors (Lipinski definition) is 3. The summed E-state index contributed by atoms with van der Waals surface area (Å²) in [5.74, 6) is -1.09. The first-order valence-electron chi connectivity index (χ1n) is 8.23. The minimum absolute atomic E-state index is 0.136. The van der Waals surface area contributed by atoms with Crippen molar-refractivity contribution in [1.29, 1.82) is 0 Å². The molecule has 1 aliphatic heterocycles. The molecule has 3 aromatic rings. The number of nitrogens with zero attached hydrogens (tertiary/aromatic N) is 2. The molecule has 0 unspecified atom stereocenters.